The first-order valence-electron chi connectivity index (χ1n) is 22.9. The number of amides is 4. The molecule has 0 bridgehead atoms. The number of hydrogen-bond donors (Lipinski definition) is 3. The van der Waals surface area contributed by atoms with Crippen LogP contribution >= 0.6 is 0 Å². The Morgan fingerprint density at radius 1 is 0.846 bits per heavy atom. The molecule has 4 amide bonds. The van der Waals surface area contributed by atoms with Gasteiger partial charge in [0.15, 0.2) is 0 Å². The van der Waals surface area contributed by atoms with Crippen LogP contribution in [-0.2, 0) is 41.6 Å². The second-order valence-corrected chi connectivity index (χ2v) is 18.0. The first-order valence-corrected chi connectivity index (χ1v) is 22.9. The van der Waals surface area contributed by atoms with Gasteiger partial charge in [0.1, 0.15) is 30.3 Å². The Hall–Kier alpha value is -6.00. The van der Waals surface area contributed by atoms with Crippen molar-refractivity contribution in [3.63, 3.8) is 0 Å². The van der Waals surface area contributed by atoms with E-state index >= 15 is 0 Å². The summed E-state index contributed by atoms with van der Waals surface area (Å²) in [5.74, 6) is 1.14. The number of benzene rings is 3. The maximum Gasteiger partial charge on any atom is 0.407 e. The summed E-state index contributed by atoms with van der Waals surface area (Å²) in [4.78, 5) is 70.6. The molecule has 9 rings (SSSR count). The topological polar surface area (TPSA) is 186 Å². The number of aliphatic imine (C=N–C) groups is 1. The van der Waals surface area contributed by atoms with Crippen molar-refractivity contribution >= 4 is 46.2 Å². The van der Waals surface area contributed by atoms with Crippen molar-refractivity contribution < 1.29 is 42.9 Å². The summed E-state index contributed by atoms with van der Waals surface area (Å²) in [7, 11) is 4.14. The van der Waals surface area contributed by atoms with Gasteiger partial charge in [-0.05, 0) is 122 Å². The van der Waals surface area contributed by atoms with Gasteiger partial charge in [0.25, 0.3) is 0 Å². The molecule has 3 fully saturated rings. The zero-order valence-corrected chi connectivity index (χ0v) is 38.0. The van der Waals surface area contributed by atoms with E-state index in [2.05, 4.69) is 58.1 Å². The highest BCUT2D eigenvalue weighted by atomic mass is 16.5. The molecule has 4 aromatic rings. The molecule has 0 unspecified atom stereocenters. The number of aromatic nitrogens is 2. The zero-order chi connectivity index (χ0) is 45.5. The van der Waals surface area contributed by atoms with E-state index in [0.29, 0.717) is 51.3 Å². The number of methoxy groups -OCH3 is 3. The van der Waals surface area contributed by atoms with E-state index < -0.39 is 30.4 Å². The van der Waals surface area contributed by atoms with Crippen LogP contribution in [0, 0.1) is 5.92 Å². The van der Waals surface area contributed by atoms with Gasteiger partial charge in [-0.2, -0.15) is 0 Å². The molecule has 0 radical (unpaired) electrons. The predicted octanol–water partition coefficient (Wildman–Crippen LogP) is 7.15. The predicted molar refractivity (Wildman–Crippen MR) is 243 cm³/mol. The SMILES string of the molecule is CC[C@@H](OC)[C@H](NC(=O)OC)C(=O)N1[C@@H](C)CC[C@H]1C1=Nc2ccc3cc4c(cc3c2C1)OCc1cc(-c2cnc([C@@H]3CC[C@H](C)N3C(=O)[C@@H](NC(=O)OC)C3CCOCC3)[nH]2)ccc1-4. The van der Waals surface area contributed by atoms with Crippen LogP contribution in [0.25, 0.3) is 33.2 Å². The summed E-state index contributed by atoms with van der Waals surface area (Å²) < 4.78 is 27.5. The number of fused-ring (bicyclic) bond motifs is 6. The van der Waals surface area contributed by atoms with E-state index in [1.165, 1.54) is 14.2 Å². The van der Waals surface area contributed by atoms with Crippen molar-refractivity contribution in [1.29, 1.82) is 0 Å². The largest absolute Gasteiger partial charge is 0.488 e. The minimum Gasteiger partial charge on any atom is -0.488 e. The van der Waals surface area contributed by atoms with Crippen molar-refractivity contribution in [2.45, 2.75) is 121 Å². The van der Waals surface area contributed by atoms with Crippen LogP contribution in [0.1, 0.15) is 88.7 Å². The zero-order valence-electron chi connectivity index (χ0n) is 38.0. The number of aromatic amines is 1. The third-order valence-corrected chi connectivity index (χ3v) is 14.3. The summed E-state index contributed by atoms with van der Waals surface area (Å²) in [6.45, 7) is 7.50. The Balaban J connectivity index is 0.932. The number of carbonyl (C=O) groups excluding carboxylic acids is 4. The number of imidazole rings is 1. The number of alkyl carbamates (subject to hydrolysis) is 2. The van der Waals surface area contributed by atoms with Crippen LogP contribution in [0.4, 0.5) is 15.3 Å². The highest BCUT2D eigenvalue weighted by Crippen LogP contribution is 2.45. The Morgan fingerprint density at radius 2 is 1.57 bits per heavy atom. The van der Waals surface area contributed by atoms with E-state index in [1.54, 1.807) is 7.11 Å². The van der Waals surface area contributed by atoms with Crippen molar-refractivity contribution in [2.24, 2.45) is 10.9 Å². The van der Waals surface area contributed by atoms with Gasteiger partial charge in [-0.1, -0.05) is 25.1 Å². The molecule has 1 aromatic heterocycles. The summed E-state index contributed by atoms with van der Waals surface area (Å²) in [5, 5.41) is 7.72. The van der Waals surface area contributed by atoms with Gasteiger partial charge < -0.3 is 49.1 Å². The molecule has 16 nitrogen and oxygen atoms in total. The number of carbonyl (C=O) groups is 4. The standard InChI is InChI=1S/C49H59N7O9/c1-7-41(61-4)44(54-49(60)63-6)47(58)55-26(2)8-14-39(55)37-22-34-33-23-42-35(21-29(33)11-13-36(34)51-37)32-12-10-30(20-31(32)25-65-42)38-24-50-45(52-38)40-15-9-27(3)56(40)46(57)43(53-48(59)62-5)28-16-18-64-19-17-28/h10-13,20-21,23-24,26-28,39-41,43-44H,7-9,14-19,22,25H2,1-6H3,(H,50,52)(H,53,59)(H,54,60)/t26-,27-,39-,40-,41+,43-,44-/m0/s1. The Morgan fingerprint density at radius 3 is 2.29 bits per heavy atom. The molecule has 0 aliphatic carbocycles. The van der Waals surface area contributed by atoms with Crippen molar-refractivity contribution in [3.8, 4) is 28.1 Å². The van der Waals surface area contributed by atoms with Crippen molar-refractivity contribution in [2.75, 3.05) is 34.5 Å². The average Bonchev–Trinajstić information content (AvgIpc) is 4.15. The number of ether oxygens (including phenoxy) is 5. The van der Waals surface area contributed by atoms with E-state index in [1.807, 2.05) is 36.8 Å². The lowest BCUT2D eigenvalue weighted by atomic mass is 9.90. The monoisotopic (exact) mass is 889 g/mol. The lowest BCUT2D eigenvalue weighted by Gasteiger charge is -2.36. The quantitative estimate of drug-likeness (QED) is 0.140. The molecule has 5 aliphatic rings. The maximum absolute atomic E-state index is 14.3. The van der Waals surface area contributed by atoms with Gasteiger partial charge in [-0.15, -0.1) is 0 Å². The summed E-state index contributed by atoms with van der Waals surface area (Å²) in [6, 6.07) is 12.7. The number of hydrogen-bond acceptors (Lipinski definition) is 11. The van der Waals surface area contributed by atoms with Crippen LogP contribution in [0.5, 0.6) is 5.75 Å². The van der Waals surface area contributed by atoms with E-state index in [-0.39, 0.29) is 41.9 Å². The van der Waals surface area contributed by atoms with Crippen LogP contribution < -0.4 is 15.4 Å². The first-order chi connectivity index (χ1) is 31.5. The van der Waals surface area contributed by atoms with Crippen molar-refractivity contribution in [1.82, 2.24) is 30.4 Å². The van der Waals surface area contributed by atoms with Crippen LogP contribution in [0.2, 0.25) is 0 Å². The first kappa shape index (κ1) is 44.2. The number of nitrogens with zero attached hydrogens (tertiary/aromatic N) is 4. The Labute approximate surface area is 378 Å². The molecule has 344 valence electrons. The molecule has 16 heteroatoms. The third-order valence-electron chi connectivity index (χ3n) is 14.3. The van der Waals surface area contributed by atoms with Gasteiger partial charge in [0.2, 0.25) is 11.8 Å². The molecule has 0 saturated carbocycles. The van der Waals surface area contributed by atoms with Crippen LogP contribution in [0.15, 0.2) is 53.7 Å². The molecule has 0 spiro atoms. The van der Waals surface area contributed by atoms with Gasteiger partial charge in [-0.3, -0.25) is 14.6 Å². The van der Waals surface area contributed by atoms with Crippen molar-refractivity contribution in [3.05, 3.63) is 65.6 Å². The Kier molecular flexibility index (Phi) is 12.6. The summed E-state index contributed by atoms with van der Waals surface area (Å²) >= 11 is 0. The maximum atomic E-state index is 14.3. The molecule has 3 saturated heterocycles. The number of rotatable bonds is 11. The Bertz CT molecular complexity index is 2510. The second kappa shape index (κ2) is 18.5. The van der Waals surface area contributed by atoms with Crippen LogP contribution in [-0.4, -0.2) is 120 Å². The van der Waals surface area contributed by atoms with E-state index in [9.17, 15) is 19.2 Å². The molecule has 5 aliphatic heterocycles. The highest BCUT2D eigenvalue weighted by Gasteiger charge is 2.45. The normalized spacial score (nSPS) is 22.8. The lowest BCUT2D eigenvalue weighted by Crippen LogP contribution is -2.58. The molecule has 65 heavy (non-hydrogen) atoms. The second-order valence-electron chi connectivity index (χ2n) is 18.0. The fourth-order valence-corrected chi connectivity index (χ4v) is 10.8. The van der Waals surface area contributed by atoms with Crippen LogP contribution in [0.3, 0.4) is 0 Å². The minimum atomic E-state index is -0.894. The third kappa shape index (κ3) is 8.30. The van der Waals surface area contributed by atoms with Gasteiger partial charge >= 0.3 is 12.2 Å². The van der Waals surface area contributed by atoms with E-state index in [0.717, 1.165) is 87.1 Å². The van der Waals surface area contributed by atoms with E-state index in [4.69, 9.17) is 33.7 Å². The smallest absolute Gasteiger partial charge is 0.407 e. The lowest BCUT2D eigenvalue weighted by molar-refractivity contribution is -0.139. The summed E-state index contributed by atoms with van der Waals surface area (Å²) in [6.07, 6.45) is 5.67. The molecule has 3 aromatic carbocycles. The van der Waals surface area contributed by atoms with Gasteiger partial charge in [-0.25, -0.2) is 14.6 Å². The fourth-order valence-electron chi connectivity index (χ4n) is 10.8. The molecular weight excluding hydrogens is 831 g/mol. The number of nitrogens with one attached hydrogen (secondary N) is 3. The molecule has 3 N–H and O–H groups in total. The fraction of sp³-hybridized carbons (Fsp3) is 0.510. The van der Waals surface area contributed by atoms with Gasteiger partial charge in [0, 0.05) is 50.1 Å². The van der Waals surface area contributed by atoms with Gasteiger partial charge in [0.05, 0.1) is 50.0 Å². The highest BCUT2D eigenvalue weighted by molar-refractivity contribution is 6.07. The number of likely N-dealkylation sites (tertiary alicyclic amines) is 2. The average molecular weight is 890 g/mol. The molecular formula is C49H59N7O9. The summed E-state index contributed by atoms with van der Waals surface area (Å²) in [5.41, 5.74) is 7.89. The molecule has 6 heterocycles. The molecule has 7 atom stereocenters. The number of H-pyrrole nitrogens is 1. The minimum absolute atomic E-state index is 0.0287.